The predicted molar refractivity (Wildman–Crippen MR) is 81.1 cm³/mol. The van der Waals surface area contributed by atoms with E-state index >= 15 is 0 Å². The zero-order chi connectivity index (χ0) is 13.7. The first-order valence-corrected chi connectivity index (χ1v) is 9.21. The van der Waals surface area contributed by atoms with Crippen molar-refractivity contribution in [3.63, 3.8) is 0 Å². The Bertz CT molecular complexity index is 563. The van der Waals surface area contributed by atoms with Crippen LogP contribution in [0.15, 0.2) is 41.7 Å². The monoisotopic (exact) mass is 273 g/mol. The summed E-state index contributed by atoms with van der Waals surface area (Å²) in [6.45, 7) is 7.00. The van der Waals surface area contributed by atoms with Gasteiger partial charge in [-0.25, -0.2) is 4.98 Å². The number of aromatic nitrogens is 2. The minimum Gasteiger partial charge on any atom is -0.546 e. The number of nitrogens with zero attached hydrogens (tertiary/aromatic N) is 3. The summed E-state index contributed by atoms with van der Waals surface area (Å²) in [5.41, 5.74) is 0.890. The van der Waals surface area contributed by atoms with Gasteiger partial charge in [-0.2, -0.15) is 0 Å². The van der Waals surface area contributed by atoms with E-state index in [1.165, 1.54) is 0 Å². The Morgan fingerprint density at radius 2 is 2.16 bits per heavy atom. The molecule has 4 nitrogen and oxygen atoms in total. The molecule has 5 heteroatoms. The Kier molecular flexibility index (Phi) is 4.51. The van der Waals surface area contributed by atoms with Gasteiger partial charge in [0.05, 0.1) is 6.54 Å². The highest BCUT2D eigenvalue weighted by Gasteiger charge is 2.03. The lowest BCUT2D eigenvalue weighted by atomic mass is 10.3. The molecular formula is C14H19N3OSi. The molecule has 0 amide bonds. The van der Waals surface area contributed by atoms with Crippen molar-refractivity contribution in [3.8, 4) is 5.75 Å². The molecular weight excluding hydrogens is 254 g/mol. The van der Waals surface area contributed by atoms with Crippen LogP contribution in [-0.2, 0) is 6.54 Å². The number of imidazole rings is 1. The van der Waals surface area contributed by atoms with Crippen LogP contribution >= 0.6 is 0 Å². The zero-order valence-corrected chi connectivity index (χ0v) is 12.7. The second-order valence-electron chi connectivity index (χ2n) is 4.57. The Morgan fingerprint density at radius 3 is 2.84 bits per heavy atom. The maximum atomic E-state index is 5.86. The molecule has 100 valence electrons. The Morgan fingerprint density at radius 1 is 1.37 bits per heavy atom. The summed E-state index contributed by atoms with van der Waals surface area (Å²) in [4.78, 5) is 8.68. The Hall–Kier alpha value is -1.88. The second-order valence-corrected chi connectivity index (χ2v) is 6.91. The van der Waals surface area contributed by atoms with Gasteiger partial charge in [0.1, 0.15) is 17.3 Å². The van der Waals surface area contributed by atoms with Crippen LogP contribution in [-0.4, -0.2) is 24.8 Å². The number of aliphatic imine (C=N–C) groups is 1. The van der Waals surface area contributed by atoms with Gasteiger partial charge < -0.3 is 8.99 Å². The third-order valence-electron chi connectivity index (χ3n) is 2.66. The van der Waals surface area contributed by atoms with Crippen LogP contribution in [0.3, 0.4) is 0 Å². The highest BCUT2D eigenvalue weighted by molar-refractivity contribution is 6.49. The summed E-state index contributed by atoms with van der Waals surface area (Å²) < 4.78 is 7.91. The largest absolute Gasteiger partial charge is 0.546 e. The van der Waals surface area contributed by atoms with Crippen molar-refractivity contribution in [1.82, 2.24) is 9.55 Å². The highest BCUT2D eigenvalue weighted by atomic mass is 28.3. The topological polar surface area (TPSA) is 39.4 Å². The quantitative estimate of drug-likeness (QED) is 0.620. The van der Waals surface area contributed by atoms with Crippen LogP contribution < -0.4 is 4.43 Å². The molecule has 0 fully saturated rings. The van der Waals surface area contributed by atoms with Gasteiger partial charge in [0.15, 0.2) is 0 Å². The fourth-order valence-electron chi connectivity index (χ4n) is 1.74. The van der Waals surface area contributed by atoms with E-state index < -0.39 is 9.04 Å². The van der Waals surface area contributed by atoms with Crippen LogP contribution in [0, 0.1) is 6.92 Å². The molecule has 0 atom stereocenters. The standard InChI is InChI=1S/C14H19N3OSi/c1-12-15-8-10-17(12)11-9-16-13-6-4-5-7-14(13)18-19(2)3/h4-10,19H,11H2,1-3H3. The van der Waals surface area contributed by atoms with E-state index in [0.29, 0.717) is 0 Å². The van der Waals surface area contributed by atoms with Crippen LogP contribution in [0.1, 0.15) is 5.82 Å². The molecule has 19 heavy (non-hydrogen) atoms. The maximum absolute atomic E-state index is 5.86. The molecule has 0 aliphatic carbocycles. The summed E-state index contributed by atoms with van der Waals surface area (Å²) in [5.74, 6) is 1.87. The molecule has 2 rings (SSSR count). The zero-order valence-electron chi connectivity index (χ0n) is 11.6. The summed E-state index contributed by atoms with van der Waals surface area (Å²) in [7, 11) is -1.11. The number of benzene rings is 1. The van der Waals surface area contributed by atoms with Gasteiger partial charge in [0.2, 0.25) is 9.04 Å². The number of hydrogen-bond donors (Lipinski definition) is 0. The van der Waals surface area contributed by atoms with Crippen molar-refractivity contribution in [1.29, 1.82) is 0 Å². The summed E-state index contributed by atoms with van der Waals surface area (Å²) in [6.07, 6.45) is 5.63. The fraction of sp³-hybridized carbons (Fsp3) is 0.286. The lowest BCUT2D eigenvalue weighted by molar-refractivity contribution is 0.582. The Labute approximate surface area is 115 Å². The van der Waals surface area contributed by atoms with E-state index in [1.807, 2.05) is 48.2 Å². The first-order chi connectivity index (χ1) is 9.16. The van der Waals surface area contributed by atoms with E-state index in [2.05, 4.69) is 23.1 Å². The minimum atomic E-state index is -1.11. The number of para-hydroxylation sites is 2. The van der Waals surface area contributed by atoms with E-state index in [-0.39, 0.29) is 0 Å². The summed E-state index contributed by atoms with van der Waals surface area (Å²) >= 11 is 0. The smallest absolute Gasteiger partial charge is 0.229 e. The van der Waals surface area contributed by atoms with Crippen molar-refractivity contribution < 1.29 is 4.43 Å². The van der Waals surface area contributed by atoms with Crippen molar-refractivity contribution in [2.24, 2.45) is 4.99 Å². The lowest BCUT2D eigenvalue weighted by Gasteiger charge is -2.11. The van der Waals surface area contributed by atoms with Gasteiger partial charge in [0, 0.05) is 18.6 Å². The van der Waals surface area contributed by atoms with Gasteiger partial charge >= 0.3 is 0 Å². The second kappa shape index (κ2) is 6.33. The molecule has 1 aromatic carbocycles. The maximum Gasteiger partial charge on any atom is 0.229 e. The predicted octanol–water partition coefficient (Wildman–Crippen LogP) is 2.96. The number of aryl methyl sites for hydroxylation is 1. The van der Waals surface area contributed by atoms with Crippen LogP contribution in [0.2, 0.25) is 13.1 Å². The molecule has 2 aromatic rings. The van der Waals surface area contributed by atoms with Gasteiger partial charge in [-0.15, -0.1) is 0 Å². The average molecular weight is 273 g/mol. The molecule has 0 spiro atoms. The Balaban J connectivity index is 2.08. The first-order valence-electron chi connectivity index (χ1n) is 6.43. The van der Waals surface area contributed by atoms with Gasteiger partial charge in [-0.3, -0.25) is 4.99 Å². The highest BCUT2D eigenvalue weighted by Crippen LogP contribution is 2.26. The third-order valence-corrected chi connectivity index (χ3v) is 3.39. The van der Waals surface area contributed by atoms with E-state index in [0.717, 1.165) is 23.8 Å². The van der Waals surface area contributed by atoms with E-state index in [4.69, 9.17) is 4.43 Å². The third kappa shape index (κ3) is 3.79. The van der Waals surface area contributed by atoms with Crippen LogP contribution in [0.25, 0.3) is 0 Å². The molecule has 0 N–H and O–H groups in total. The van der Waals surface area contributed by atoms with Crippen molar-refractivity contribution in [2.75, 3.05) is 0 Å². The molecule has 0 aliphatic rings. The minimum absolute atomic E-state index is 0.722. The molecule has 0 bridgehead atoms. The van der Waals surface area contributed by atoms with E-state index in [9.17, 15) is 0 Å². The van der Waals surface area contributed by atoms with Crippen molar-refractivity contribution in [3.05, 3.63) is 42.5 Å². The van der Waals surface area contributed by atoms with Crippen LogP contribution in [0.4, 0.5) is 5.69 Å². The normalized spacial score (nSPS) is 11.4. The summed E-state index contributed by atoms with van der Waals surface area (Å²) in [5, 5.41) is 0. The molecule has 0 radical (unpaired) electrons. The van der Waals surface area contributed by atoms with E-state index in [1.54, 1.807) is 6.20 Å². The average Bonchev–Trinajstić information content (AvgIpc) is 2.77. The number of rotatable bonds is 5. The first kappa shape index (κ1) is 13.5. The molecule has 1 heterocycles. The van der Waals surface area contributed by atoms with Crippen molar-refractivity contribution in [2.45, 2.75) is 26.6 Å². The van der Waals surface area contributed by atoms with Gasteiger partial charge in [-0.05, 0) is 32.2 Å². The molecule has 0 unspecified atom stereocenters. The van der Waals surface area contributed by atoms with Crippen molar-refractivity contribution >= 4 is 20.9 Å². The molecule has 1 aromatic heterocycles. The fourth-order valence-corrected chi connectivity index (χ4v) is 2.45. The number of hydrogen-bond acceptors (Lipinski definition) is 3. The van der Waals surface area contributed by atoms with Gasteiger partial charge in [-0.1, -0.05) is 12.1 Å². The van der Waals surface area contributed by atoms with Crippen LogP contribution in [0.5, 0.6) is 5.75 Å². The molecule has 0 saturated carbocycles. The summed E-state index contributed by atoms with van der Waals surface area (Å²) in [6, 6.07) is 7.90. The SMILES string of the molecule is Cc1nccn1CC=Nc1ccccc1O[SiH](C)C. The molecule has 0 saturated heterocycles. The van der Waals surface area contributed by atoms with Gasteiger partial charge in [0.25, 0.3) is 0 Å². The molecule has 0 aliphatic heterocycles. The lowest BCUT2D eigenvalue weighted by Crippen LogP contribution is -2.11.